The molecule has 3 aliphatic heterocycles. The van der Waals surface area contributed by atoms with E-state index in [9.17, 15) is 13.2 Å². The van der Waals surface area contributed by atoms with Gasteiger partial charge in [-0.05, 0) is 24.5 Å². The van der Waals surface area contributed by atoms with Gasteiger partial charge in [-0.2, -0.15) is 4.31 Å². The number of fused-ring (bicyclic) bond motifs is 1. The fourth-order valence-electron chi connectivity index (χ4n) is 4.33. The number of likely N-dealkylation sites (tertiary alicyclic amines) is 1. The molecule has 4 rings (SSSR count). The van der Waals surface area contributed by atoms with Crippen molar-refractivity contribution < 1.29 is 17.9 Å². The molecule has 8 heteroatoms. The Bertz CT molecular complexity index is 782. The van der Waals surface area contributed by atoms with Crippen LogP contribution >= 0.6 is 0 Å². The van der Waals surface area contributed by atoms with Crippen LogP contribution in [0.1, 0.15) is 30.8 Å². The van der Waals surface area contributed by atoms with Gasteiger partial charge >= 0.3 is 0 Å². The normalized spacial score (nSPS) is 33.6. The number of hydrogen-bond acceptors (Lipinski definition) is 5. The van der Waals surface area contributed by atoms with Crippen LogP contribution in [0.4, 0.5) is 0 Å². The lowest BCUT2D eigenvalue weighted by Crippen LogP contribution is -2.56. The van der Waals surface area contributed by atoms with Gasteiger partial charge in [-0.15, -0.1) is 0 Å². The van der Waals surface area contributed by atoms with Crippen molar-refractivity contribution in [2.75, 3.05) is 26.2 Å². The van der Waals surface area contributed by atoms with Crippen molar-refractivity contribution in [1.82, 2.24) is 14.2 Å². The summed E-state index contributed by atoms with van der Waals surface area (Å²) in [5, 5.41) is -0.551. The molecule has 0 saturated carbocycles. The molecular weight excluding hydrogens is 342 g/mol. The summed E-state index contributed by atoms with van der Waals surface area (Å²) in [5.41, 5.74) is -0.419. The number of nitrogens with zero attached hydrogens (tertiary/aromatic N) is 3. The molecule has 0 N–H and O–H groups in total. The third kappa shape index (κ3) is 2.67. The molecule has 0 unspecified atom stereocenters. The highest BCUT2D eigenvalue weighted by Crippen LogP contribution is 2.46. The Hall–Kier alpha value is -1.51. The minimum Gasteiger partial charge on any atom is -0.365 e. The van der Waals surface area contributed by atoms with E-state index in [0.717, 1.165) is 0 Å². The van der Waals surface area contributed by atoms with Crippen LogP contribution in [0.15, 0.2) is 24.4 Å². The van der Waals surface area contributed by atoms with E-state index in [1.54, 1.807) is 33.6 Å². The zero-order valence-corrected chi connectivity index (χ0v) is 15.3. The first-order valence-corrected chi connectivity index (χ1v) is 10.2. The summed E-state index contributed by atoms with van der Waals surface area (Å²) in [6, 6.07) is 5.23. The fraction of sp³-hybridized carbons (Fsp3) is 0.647. The van der Waals surface area contributed by atoms with Crippen LogP contribution in [0, 0.1) is 5.92 Å². The highest BCUT2D eigenvalue weighted by molar-refractivity contribution is 7.90. The van der Waals surface area contributed by atoms with Crippen molar-refractivity contribution in [1.29, 1.82) is 0 Å². The first-order valence-electron chi connectivity index (χ1n) is 8.69. The lowest BCUT2D eigenvalue weighted by atomic mass is 9.99. The highest BCUT2D eigenvalue weighted by atomic mass is 32.2. The minimum atomic E-state index is -3.38. The van der Waals surface area contributed by atoms with E-state index in [0.29, 0.717) is 38.3 Å². The lowest BCUT2D eigenvalue weighted by molar-refractivity contribution is -0.0980. The molecule has 1 amide bonds. The third-order valence-electron chi connectivity index (χ3n) is 5.25. The van der Waals surface area contributed by atoms with Gasteiger partial charge in [-0.3, -0.25) is 9.78 Å². The number of pyridine rings is 1. The van der Waals surface area contributed by atoms with E-state index in [4.69, 9.17) is 4.74 Å². The Morgan fingerprint density at radius 1 is 1.40 bits per heavy atom. The van der Waals surface area contributed by atoms with Crippen LogP contribution in [0.5, 0.6) is 0 Å². The van der Waals surface area contributed by atoms with Crippen LogP contribution in [0.25, 0.3) is 0 Å². The standard InChI is InChI=1S/C17H23N3O4S/c1-12(2)8-20-11-17-10-19(16(21)14-5-3-4-6-18-14)9-13(24-17)7-15(17)25(20,22)23/h3-6,12-13,15H,7-11H2,1-2H3/t13-,15+,17+/m1/s1. The zero-order chi connectivity index (χ0) is 17.8. The predicted molar refractivity (Wildman–Crippen MR) is 91.5 cm³/mol. The van der Waals surface area contributed by atoms with Gasteiger partial charge in [0, 0.05) is 25.8 Å². The number of rotatable bonds is 3. The molecule has 0 radical (unpaired) electrons. The Kier molecular flexibility index (Phi) is 3.90. The maximum absolute atomic E-state index is 12.9. The van der Waals surface area contributed by atoms with Gasteiger partial charge in [0.1, 0.15) is 16.5 Å². The Morgan fingerprint density at radius 2 is 2.20 bits per heavy atom. The molecule has 3 fully saturated rings. The van der Waals surface area contributed by atoms with Crippen LogP contribution < -0.4 is 0 Å². The van der Waals surface area contributed by atoms with Crippen LogP contribution in [-0.4, -0.2) is 71.6 Å². The molecule has 3 saturated heterocycles. The molecule has 1 spiro atoms. The maximum atomic E-state index is 12.9. The van der Waals surface area contributed by atoms with Gasteiger partial charge in [0.05, 0.1) is 12.6 Å². The Morgan fingerprint density at radius 3 is 2.88 bits per heavy atom. The molecule has 0 aliphatic carbocycles. The number of amides is 1. The summed E-state index contributed by atoms with van der Waals surface area (Å²) < 4.78 is 33.5. The van der Waals surface area contributed by atoms with Crippen molar-refractivity contribution in [2.24, 2.45) is 5.92 Å². The fourth-order valence-corrected chi connectivity index (χ4v) is 6.80. The zero-order valence-electron chi connectivity index (χ0n) is 14.5. The van der Waals surface area contributed by atoms with Gasteiger partial charge in [0.15, 0.2) is 0 Å². The SMILES string of the molecule is CC(C)CN1C[C@@]23CN(C(=O)c4ccccn4)C[C@@H](C[C@@H]2S1(=O)=O)O3. The topological polar surface area (TPSA) is 79.8 Å². The quantitative estimate of drug-likeness (QED) is 0.789. The second-order valence-corrected chi connectivity index (χ2v) is 9.78. The highest BCUT2D eigenvalue weighted by Gasteiger charge is 2.65. The number of hydrogen-bond donors (Lipinski definition) is 0. The van der Waals surface area contributed by atoms with Crippen molar-refractivity contribution in [3.05, 3.63) is 30.1 Å². The van der Waals surface area contributed by atoms with Crippen LogP contribution in [0.3, 0.4) is 0 Å². The average Bonchev–Trinajstić information content (AvgIpc) is 2.93. The van der Waals surface area contributed by atoms with Crippen molar-refractivity contribution >= 4 is 15.9 Å². The van der Waals surface area contributed by atoms with Gasteiger partial charge < -0.3 is 9.64 Å². The van der Waals surface area contributed by atoms with E-state index < -0.39 is 20.9 Å². The predicted octanol–water partition coefficient (Wildman–Crippen LogP) is 0.735. The third-order valence-corrected chi connectivity index (χ3v) is 7.59. The molecule has 3 aliphatic rings. The number of carbonyl (C=O) groups excluding carboxylic acids is 1. The first-order chi connectivity index (χ1) is 11.8. The van der Waals surface area contributed by atoms with E-state index in [2.05, 4.69) is 4.98 Å². The van der Waals surface area contributed by atoms with E-state index >= 15 is 0 Å². The van der Waals surface area contributed by atoms with Crippen LogP contribution in [0.2, 0.25) is 0 Å². The summed E-state index contributed by atoms with van der Waals surface area (Å²) in [6.45, 7) is 5.56. The smallest absolute Gasteiger partial charge is 0.272 e. The number of aromatic nitrogens is 1. The van der Waals surface area contributed by atoms with Crippen molar-refractivity contribution in [3.8, 4) is 0 Å². The van der Waals surface area contributed by atoms with E-state index in [1.807, 2.05) is 13.8 Å². The van der Waals surface area contributed by atoms with Crippen LogP contribution in [-0.2, 0) is 14.8 Å². The summed E-state index contributed by atoms with van der Waals surface area (Å²) >= 11 is 0. The Balaban J connectivity index is 1.61. The van der Waals surface area contributed by atoms with E-state index in [-0.39, 0.29) is 17.9 Å². The molecular formula is C17H23N3O4S. The van der Waals surface area contributed by atoms with Crippen molar-refractivity contribution in [3.63, 3.8) is 0 Å². The number of morpholine rings is 1. The second-order valence-electron chi connectivity index (χ2n) is 7.66. The molecule has 3 atom stereocenters. The van der Waals surface area contributed by atoms with Crippen molar-refractivity contribution in [2.45, 2.75) is 37.2 Å². The summed E-state index contributed by atoms with van der Waals surface area (Å²) in [6.07, 6.45) is 1.83. The van der Waals surface area contributed by atoms with E-state index in [1.165, 1.54) is 0 Å². The first kappa shape index (κ1) is 16.9. The summed E-state index contributed by atoms with van der Waals surface area (Å²) in [5.74, 6) is 0.0873. The second kappa shape index (κ2) is 5.75. The molecule has 1 aromatic heterocycles. The molecule has 25 heavy (non-hydrogen) atoms. The molecule has 0 aromatic carbocycles. The largest absolute Gasteiger partial charge is 0.365 e. The monoisotopic (exact) mass is 365 g/mol. The lowest BCUT2D eigenvalue weighted by Gasteiger charge is -2.39. The van der Waals surface area contributed by atoms with Gasteiger partial charge in [0.2, 0.25) is 10.0 Å². The van der Waals surface area contributed by atoms with Gasteiger partial charge in [0.25, 0.3) is 5.91 Å². The molecule has 7 nitrogen and oxygen atoms in total. The van der Waals surface area contributed by atoms with Gasteiger partial charge in [-0.1, -0.05) is 19.9 Å². The number of sulfonamides is 1. The Labute approximate surface area is 148 Å². The molecule has 4 heterocycles. The average molecular weight is 365 g/mol. The molecule has 2 bridgehead atoms. The minimum absolute atomic E-state index is 0.159. The maximum Gasteiger partial charge on any atom is 0.272 e. The van der Waals surface area contributed by atoms with Gasteiger partial charge in [-0.25, -0.2) is 8.42 Å². The number of carbonyl (C=O) groups is 1. The molecule has 1 aromatic rings. The molecule has 136 valence electrons. The number of ether oxygens (including phenoxy) is 1. The summed E-state index contributed by atoms with van der Waals surface area (Å²) in [7, 11) is -3.38. The summed E-state index contributed by atoms with van der Waals surface area (Å²) in [4.78, 5) is 18.6.